The molecular formula is C22H25N3O2. The van der Waals surface area contributed by atoms with Crippen molar-refractivity contribution in [3.8, 4) is 0 Å². The van der Waals surface area contributed by atoms with Gasteiger partial charge in [0.25, 0.3) is 0 Å². The van der Waals surface area contributed by atoms with E-state index >= 15 is 0 Å². The Morgan fingerprint density at radius 1 is 1.30 bits per heavy atom. The molecule has 1 aliphatic rings. The lowest BCUT2D eigenvalue weighted by Gasteiger charge is -2.27. The predicted molar refractivity (Wildman–Crippen MR) is 108 cm³/mol. The van der Waals surface area contributed by atoms with Crippen LogP contribution in [0.4, 0.5) is 0 Å². The van der Waals surface area contributed by atoms with Gasteiger partial charge in [-0.3, -0.25) is 14.4 Å². The van der Waals surface area contributed by atoms with E-state index < -0.39 is 0 Å². The quantitative estimate of drug-likeness (QED) is 0.551. The van der Waals surface area contributed by atoms with Crippen LogP contribution in [0.15, 0.2) is 53.3 Å². The number of hydrogen-bond donors (Lipinski definition) is 1. The van der Waals surface area contributed by atoms with Crippen LogP contribution >= 0.6 is 0 Å². The molecule has 1 aliphatic heterocycles. The van der Waals surface area contributed by atoms with Crippen LogP contribution in [0.1, 0.15) is 41.9 Å². The van der Waals surface area contributed by atoms with Crippen LogP contribution < -0.4 is 5.84 Å². The number of nitrogens with zero attached hydrogens (tertiary/aromatic N) is 2. The van der Waals surface area contributed by atoms with E-state index in [9.17, 15) is 4.79 Å². The Labute approximate surface area is 159 Å². The van der Waals surface area contributed by atoms with Gasteiger partial charge in [-0.05, 0) is 48.2 Å². The number of nitrogens with two attached hydrogens (primary N) is 1. The van der Waals surface area contributed by atoms with Crippen LogP contribution in [-0.2, 0) is 0 Å². The number of ketones is 1. The second kappa shape index (κ2) is 7.08. The molecule has 0 unspecified atom stereocenters. The number of aromatic nitrogens is 1. The molecule has 0 amide bonds. The minimum absolute atomic E-state index is 0.113. The lowest BCUT2D eigenvalue weighted by molar-refractivity contribution is 0.101. The highest BCUT2D eigenvalue weighted by Gasteiger charge is 2.19. The zero-order valence-electron chi connectivity index (χ0n) is 15.8. The highest BCUT2D eigenvalue weighted by Crippen LogP contribution is 2.31. The molecular weight excluding hydrogens is 338 g/mol. The third-order valence-corrected chi connectivity index (χ3v) is 5.10. The zero-order valence-corrected chi connectivity index (χ0v) is 15.8. The van der Waals surface area contributed by atoms with Crippen LogP contribution in [-0.4, -0.2) is 35.0 Å². The van der Waals surface area contributed by atoms with E-state index in [1.54, 1.807) is 22.9 Å². The van der Waals surface area contributed by atoms with E-state index in [0.717, 1.165) is 42.5 Å². The third kappa shape index (κ3) is 3.43. The monoisotopic (exact) mass is 363 g/mol. The van der Waals surface area contributed by atoms with Gasteiger partial charge in [-0.2, -0.15) is 0 Å². The average Bonchev–Trinajstić information content (AvgIpc) is 3.30. The molecule has 0 aliphatic carbocycles. The van der Waals surface area contributed by atoms with Crippen molar-refractivity contribution in [3.63, 3.8) is 0 Å². The minimum Gasteiger partial charge on any atom is -0.461 e. The summed E-state index contributed by atoms with van der Waals surface area (Å²) in [5.41, 5.74) is 3.95. The van der Waals surface area contributed by atoms with Crippen LogP contribution in [0.2, 0.25) is 0 Å². The summed E-state index contributed by atoms with van der Waals surface area (Å²) in [5, 5.41) is 1.01. The van der Waals surface area contributed by atoms with Crippen molar-refractivity contribution in [1.29, 1.82) is 0 Å². The van der Waals surface area contributed by atoms with Crippen LogP contribution in [0, 0.1) is 5.92 Å². The van der Waals surface area contributed by atoms with E-state index in [1.165, 1.54) is 11.8 Å². The highest BCUT2D eigenvalue weighted by atomic mass is 16.3. The summed E-state index contributed by atoms with van der Waals surface area (Å²) < 4.78 is 6.91. The first kappa shape index (κ1) is 17.6. The lowest BCUT2D eigenvalue weighted by Crippen LogP contribution is -2.31. The second-order valence-electron chi connectivity index (χ2n) is 7.62. The predicted octanol–water partition coefficient (Wildman–Crippen LogP) is 3.92. The van der Waals surface area contributed by atoms with Gasteiger partial charge >= 0.3 is 0 Å². The molecule has 4 rings (SSSR count). The number of furan rings is 1. The summed E-state index contributed by atoms with van der Waals surface area (Å²) >= 11 is 0. The van der Waals surface area contributed by atoms with Crippen molar-refractivity contribution in [2.75, 3.05) is 25.5 Å². The molecule has 0 saturated heterocycles. The number of carbonyl (C=O) groups is 1. The van der Waals surface area contributed by atoms with E-state index in [4.69, 9.17) is 10.3 Å². The fourth-order valence-electron chi connectivity index (χ4n) is 3.84. The SMILES string of the molecule is CC(C)CN1CC=C(c2cn(N)c3ccc(C(=O)c4ccco4)cc23)CC1. The molecule has 0 spiro atoms. The summed E-state index contributed by atoms with van der Waals surface area (Å²) in [7, 11) is 0. The number of nitrogen functional groups attached to an aromatic ring is 1. The number of rotatable bonds is 5. The molecule has 3 aromatic rings. The molecule has 0 radical (unpaired) electrons. The molecule has 2 N–H and O–H groups in total. The molecule has 1 aromatic carbocycles. The maximum absolute atomic E-state index is 12.6. The van der Waals surface area contributed by atoms with Gasteiger partial charge < -0.3 is 10.3 Å². The molecule has 0 bridgehead atoms. The normalized spacial score (nSPS) is 15.4. The maximum atomic E-state index is 12.6. The fourth-order valence-corrected chi connectivity index (χ4v) is 3.84. The third-order valence-electron chi connectivity index (χ3n) is 5.10. The number of carbonyl (C=O) groups excluding carboxylic acids is 1. The number of fused-ring (bicyclic) bond motifs is 1. The van der Waals surface area contributed by atoms with Crippen LogP contribution in [0.3, 0.4) is 0 Å². The first-order chi connectivity index (χ1) is 13.0. The molecule has 0 saturated carbocycles. The Morgan fingerprint density at radius 3 is 2.81 bits per heavy atom. The molecule has 0 atom stereocenters. The molecule has 2 aromatic heterocycles. The van der Waals surface area contributed by atoms with Gasteiger partial charge in [0.2, 0.25) is 5.78 Å². The summed E-state index contributed by atoms with van der Waals surface area (Å²) in [4.78, 5) is 15.1. The van der Waals surface area contributed by atoms with Gasteiger partial charge in [0, 0.05) is 42.3 Å². The Balaban J connectivity index is 1.68. The lowest BCUT2D eigenvalue weighted by atomic mass is 9.97. The highest BCUT2D eigenvalue weighted by molar-refractivity contribution is 6.09. The Bertz CT molecular complexity index is 996. The van der Waals surface area contributed by atoms with E-state index in [0.29, 0.717) is 17.2 Å². The number of hydrogen-bond acceptors (Lipinski definition) is 4. The zero-order chi connectivity index (χ0) is 19.0. The second-order valence-corrected chi connectivity index (χ2v) is 7.62. The fraction of sp³-hybridized carbons (Fsp3) is 0.318. The van der Waals surface area contributed by atoms with Crippen LogP contribution in [0.5, 0.6) is 0 Å². The maximum Gasteiger partial charge on any atom is 0.228 e. The molecule has 27 heavy (non-hydrogen) atoms. The van der Waals surface area contributed by atoms with Crippen LogP contribution in [0.25, 0.3) is 16.5 Å². The standard InChI is InChI=1S/C22H25N3O2/c1-15(2)13-24-9-7-16(8-10-24)19-14-25(23)20-6-5-17(12-18(19)20)22(26)21-4-3-11-27-21/h3-7,11-12,14-15H,8-10,13,23H2,1-2H3. The van der Waals surface area contributed by atoms with E-state index in [2.05, 4.69) is 24.8 Å². The van der Waals surface area contributed by atoms with Crippen molar-refractivity contribution in [1.82, 2.24) is 9.58 Å². The molecule has 5 nitrogen and oxygen atoms in total. The van der Waals surface area contributed by atoms with Crippen molar-refractivity contribution in [3.05, 3.63) is 65.8 Å². The average molecular weight is 363 g/mol. The van der Waals surface area contributed by atoms with Gasteiger partial charge in [0.05, 0.1) is 11.8 Å². The smallest absolute Gasteiger partial charge is 0.228 e. The van der Waals surface area contributed by atoms with Gasteiger partial charge in [0.15, 0.2) is 5.76 Å². The van der Waals surface area contributed by atoms with E-state index in [1.807, 2.05) is 18.3 Å². The van der Waals surface area contributed by atoms with Crippen molar-refractivity contribution >= 4 is 22.3 Å². The van der Waals surface area contributed by atoms with Gasteiger partial charge in [-0.15, -0.1) is 0 Å². The molecule has 5 heteroatoms. The number of benzene rings is 1. The Hall–Kier alpha value is -2.79. The topological polar surface area (TPSA) is 64.4 Å². The molecule has 140 valence electrons. The first-order valence-corrected chi connectivity index (χ1v) is 9.43. The van der Waals surface area contributed by atoms with Gasteiger partial charge in [0.1, 0.15) is 0 Å². The molecule has 3 heterocycles. The van der Waals surface area contributed by atoms with Gasteiger partial charge in [-0.1, -0.05) is 19.9 Å². The first-order valence-electron chi connectivity index (χ1n) is 9.43. The Kier molecular flexibility index (Phi) is 4.62. The van der Waals surface area contributed by atoms with Gasteiger partial charge in [-0.25, -0.2) is 0 Å². The van der Waals surface area contributed by atoms with Crippen molar-refractivity contribution in [2.24, 2.45) is 5.92 Å². The van der Waals surface area contributed by atoms with Crippen molar-refractivity contribution < 1.29 is 9.21 Å². The largest absolute Gasteiger partial charge is 0.461 e. The summed E-state index contributed by atoms with van der Waals surface area (Å²) in [6.45, 7) is 7.62. The van der Waals surface area contributed by atoms with E-state index in [-0.39, 0.29) is 5.78 Å². The summed E-state index contributed by atoms with van der Waals surface area (Å²) in [6, 6.07) is 9.06. The van der Waals surface area contributed by atoms with Crippen molar-refractivity contribution in [2.45, 2.75) is 20.3 Å². The minimum atomic E-state index is -0.113. The summed E-state index contributed by atoms with van der Waals surface area (Å²) in [5.74, 6) is 7.08. The molecule has 0 fully saturated rings. The summed E-state index contributed by atoms with van der Waals surface area (Å²) in [6.07, 6.45) is 6.77. The Morgan fingerprint density at radius 2 is 2.15 bits per heavy atom.